The van der Waals surface area contributed by atoms with E-state index in [4.69, 9.17) is 78.5 Å². The third-order valence-electron chi connectivity index (χ3n) is 20.4. The maximum atomic E-state index is 11.6. The fourth-order valence-corrected chi connectivity index (χ4v) is 18.2. The summed E-state index contributed by atoms with van der Waals surface area (Å²) < 4.78 is 82.8. The summed E-state index contributed by atoms with van der Waals surface area (Å²) in [5.74, 6) is 1.12. The van der Waals surface area contributed by atoms with Crippen LogP contribution in [0, 0.1) is 11.3 Å². The van der Waals surface area contributed by atoms with Crippen LogP contribution in [-0.2, 0) is 66.3 Å². The molecular formula is C65H116N2O37S5. The highest BCUT2D eigenvalue weighted by molar-refractivity contribution is 8.00. The maximum Gasteiger partial charge on any atom is 0.187 e. The van der Waals surface area contributed by atoms with Crippen LogP contribution in [0.3, 0.4) is 0 Å². The van der Waals surface area contributed by atoms with E-state index in [-0.39, 0.29) is 75.8 Å². The summed E-state index contributed by atoms with van der Waals surface area (Å²) in [6, 6.07) is 0. The molecule has 0 aromatic carbocycles. The van der Waals surface area contributed by atoms with Crippen molar-refractivity contribution in [2.24, 2.45) is 11.3 Å². The molecule has 10 aliphatic heterocycles. The first kappa shape index (κ1) is 94.1. The van der Waals surface area contributed by atoms with Crippen molar-refractivity contribution >= 4 is 64.4 Å². The van der Waals surface area contributed by atoms with E-state index in [1.807, 2.05) is 0 Å². The fraction of sp³-hybridized carbons (Fsp3) is 0.985. The van der Waals surface area contributed by atoms with Gasteiger partial charge >= 0.3 is 0 Å². The highest BCUT2D eigenvalue weighted by Gasteiger charge is 2.55. The van der Waals surface area contributed by atoms with Crippen LogP contribution in [0.15, 0.2) is 0 Å². The molecule has 14 unspecified atom stereocenters. The smallest absolute Gasteiger partial charge is 0.187 e. The Kier molecular flexibility index (Phi) is 40.4. The van der Waals surface area contributed by atoms with Gasteiger partial charge in [0.15, 0.2) is 30.3 Å². The van der Waals surface area contributed by atoms with Crippen molar-refractivity contribution in [3.63, 3.8) is 0 Å². The second-order valence-electron chi connectivity index (χ2n) is 28.2. The number of thiocarbonyl (C=S) groups is 1. The molecule has 4 bridgehead atoms. The summed E-state index contributed by atoms with van der Waals surface area (Å²) >= 11 is 10.7. The van der Waals surface area contributed by atoms with Crippen molar-refractivity contribution in [3.05, 3.63) is 0 Å². The number of fused-ring (bicyclic) bond motifs is 2. The Balaban J connectivity index is 0.908. The zero-order valence-corrected chi connectivity index (χ0v) is 64.1. The van der Waals surface area contributed by atoms with Gasteiger partial charge in [0.25, 0.3) is 0 Å². The standard InChI is InChI=1S/C65H116N2O37S5/c68-19-30-38(75)41(78)48(85)59(95-30)103-55-34(23-72)100-62(52(89)45(55)82)108-16-5-11-92-27-65(8-14-91-10-4-15-107-61-51(88)43(80)40(77)32(21-70)99-61,28-93-12-6-17-109-63-53(90)46(83)56(35(24-73)101-63)104-60-49(86)42(79)39(76)31(20-69)96-60)26-67-64(105)66-9-18-106-25-36-29-7-2-1-3-13-94-57-50(87)44(81)54(33(22-71)97-57)102-58(98-36)47(84)37(29)74/h29-63,68-90H,1-28H2,(H2,66,67,105)/t29-,30?,31?,32?,33?,34?,35?,36?,37-,38-,39-,40-,41-,42-,43-,44+,45+,46+,47?,48?,49?,50?,51?,52?,53?,54-,55-,56-,57+,58-,59-,60-,61-,62-,63-,65?/m0/s1. The molecule has 10 rings (SSSR count). The molecule has 0 spiro atoms. The molecule has 638 valence electrons. The molecule has 10 saturated heterocycles. The third-order valence-corrected chi connectivity index (χ3v) is 25.4. The van der Waals surface area contributed by atoms with E-state index in [9.17, 15) is 117 Å². The quantitative estimate of drug-likeness (QED) is 0.0201. The van der Waals surface area contributed by atoms with Gasteiger partial charge in [0.1, 0.15) is 169 Å². The molecule has 0 aromatic rings. The number of nitrogens with one attached hydrogen (secondary N) is 2. The summed E-state index contributed by atoms with van der Waals surface area (Å²) in [6.07, 6.45) is -43.1. The molecule has 109 heavy (non-hydrogen) atoms. The van der Waals surface area contributed by atoms with E-state index >= 15 is 0 Å². The average Bonchev–Trinajstić information content (AvgIpc) is 1.13. The molecular weight excluding hydrogens is 1560 g/mol. The van der Waals surface area contributed by atoms with Gasteiger partial charge in [-0.1, -0.05) is 12.8 Å². The SMILES string of the molecule is OCC1O[C@@H](O[C@H]2C(CO)O[C@@H](SCCCOCC(CCOCCCS[C@@H]3OC(CO)[C@H](O)[C@H](O)C3O)(CNC(=S)NCCSCC3O[C@H]4O[C@H]5C(CO)O[C@@H](OCCCCC[C@@H]3[C@H](O)C4O)C(O)[C@H]5O)COCCCS[C@@H]3OC(CO)[C@H](O[C@@H]4OC(CO)[C@H](O)[C@H](O)C4O)[C@H](O)C3O)C(O)[C@H]2O)C(O)[C@@H](O)[C@H]1O. The topological polar surface area (TPSA) is 619 Å². The van der Waals surface area contributed by atoms with Crippen LogP contribution < -0.4 is 10.6 Å². The van der Waals surface area contributed by atoms with Crippen LogP contribution in [0.25, 0.3) is 0 Å². The molecule has 44 heteroatoms. The van der Waals surface area contributed by atoms with Gasteiger partial charge in [-0.3, -0.25) is 0 Å². The zero-order valence-electron chi connectivity index (χ0n) is 60.0. The molecule has 25 N–H and O–H groups in total. The van der Waals surface area contributed by atoms with E-state index in [0.717, 1.165) is 35.3 Å². The first-order valence-corrected chi connectivity index (χ1v) is 41.5. The Labute approximate surface area is 652 Å². The van der Waals surface area contributed by atoms with Crippen molar-refractivity contribution in [1.29, 1.82) is 0 Å². The van der Waals surface area contributed by atoms with Crippen molar-refractivity contribution in [3.8, 4) is 0 Å². The number of aliphatic hydroxyl groups excluding tert-OH is 23. The van der Waals surface area contributed by atoms with E-state index in [1.54, 1.807) is 0 Å². The number of aliphatic hydroxyl groups is 23. The van der Waals surface area contributed by atoms with Gasteiger partial charge in [0.05, 0.1) is 65.1 Å². The van der Waals surface area contributed by atoms with Gasteiger partial charge in [-0.15, -0.1) is 35.3 Å². The summed E-state index contributed by atoms with van der Waals surface area (Å²) in [4.78, 5) is 0. The van der Waals surface area contributed by atoms with Gasteiger partial charge in [0.2, 0.25) is 0 Å². The lowest BCUT2D eigenvalue weighted by Gasteiger charge is -2.47. The second-order valence-corrected chi connectivity index (χ2v) is 33.4. The Hall–Kier alpha value is -0.390. The van der Waals surface area contributed by atoms with Crippen LogP contribution in [0.1, 0.15) is 51.4 Å². The van der Waals surface area contributed by atoms with Crippen LogP contribution in [0.2, 0.25) is 0 Å². The first-order valence-electron chi connectivity index (χ1n) is 36.8. The minimum Gasteiger partial charge on any atom is -0.394 e. The molecule has 39 nitrogen and oxygen atoms in total. The maximum absolute atomic E-state index is 11.6. The van der Waals surface area contributed by atoms with Gasteiger partial charge in [-0.25, -0.2) is 0 Å². The van der Waals surface area contributed by atoms with Gasteiger partial charge in [0, 0.05) is 69.0 Å². The summed E-state index contributed by atoms with van der Waals surface area (Å²) in [7, 11) is 0. The summed E-state index contributed by atoms with van der Waals surface area (Å²) in [5, 5.41) is 250. The number of hydrogen-bond acceptors (Lipinski definition) is 42. The molecule has 0 radical (unpaired) electrons. The van der Waals surface area contributed by atoms with Crippen molar-refractivity contribution in [2.75, 3.05) is 128 Å². The lowest BCUT2D eigenvalue weighted by atomic mass is 9.85. The van der Waals surface area contributed by atoms with Crippen LogP contribution in [-0.4, -0.2) is 457 Å². The number of ether oxygens (including phenoxy) is 14. The van der Waals surface area contributed by atoms with Crippen molar-refractivity contribution in [1.82, 2.24) is 10.6 Å². The number of thioether (sulfide) groups is 4. The predicted octanol–water partition coefficient (Wildman–Crippen LogP) is -10.5. The second kappa shape index (κ2) is 46.8. The molecule has 0 amide bonds. The highest BCUT2D eigenvalue weighted by atomic mass is 32.2. The van der Waals surface area contributed by atoms with Crippen LogP contribution in [0.4, 0.5) is 0 Å². The molecule has 10 aliphatic rings. The molecule has 0 saturated carbocycles. The molecule has 10 heterocycles. The summed E-state index contributed by atoms with van der Waals surface area (Å²) in [6.45, 7) is -3.07. The normalized spacial score (nSPS) is 43.1. The molecule has 0 aromatic heterocycles. The Morgan fingerprint density at radius 3 is 1.35 bits per heavy atom. The minimum atomic E-state index is -1.85. The fourth-order valence-electron chi connectivity index (χ4n) is 13.8. The lowest BCUT2D eigenvalue weighted by molar-refractivity contribution is -0.353. The van der Waals surface area contributed by atoms with Crippen LogP contribution >= 0.6 is 59.3 Å². The lowest BCUT2D eigenvalue weighted by Crippen LogP contribution is -2.64. The Morgan fingerprint density at radius 1 is 0.394 bits per heavy atom. The average molecular weight is 1680 g/mol. The number of hydrogen-bond donors (Lipinski definition) is 25. The Bertz CT molecular complexity index is 2470. The summed E-state index contributed by atoms with van der Waals surface area (Å²) in [5.41, 5.74) is -4.16. The van der Waals surface area contributed by atoms with Crippen LogP contribution in [0.5, 0.6) is 0 Å². The van der Waals surface area contributed by atoms with E-state index in [0.29, 0.717) is 68.7 Å². The first-order chi connectivity index (χ1) is 52.3. The molecule has 0 aliphatic carbocycles. The van der Waals surface area contributed by atoms with Crippen molar-refractivity contribution < 1.29 is 184 Å². The third kappa shape index (κ3) is 25.3. The van der Waals surface area contributed by atoms with E-state index < -0.39 is 257 Å². The predicted molar refractivity (Wildman–Crippen MR) is 384 cm³/mol. The zero-order chi connectivity index (χ0) is 79.2. The monoisotopic (exact) mass is 1680 g/mol. The Morgan fingerprint density at radius 2 is 0.844 bits per heavy atom. The van der Waals surface area contributed by atoms with E-state index in [2.05, 4.69) is 10.6 Å². The molecule has 35 atom stereocenters. The number of rotatable bonds is 39. The van der Waals surface area contributed by atoms with E-state index in [1.165, 1.54) is 11.8 Å². The molecule has 10 fully saturated rings. The largest absolute Gasteiger partial charge is 0.394 e. The van der Waals surface area contributed by atoms with Gasteiger partial charge in [-0.05, 0) is 68.0 Å². The minimum absolute atomic E-state index is 0.00398. The highest BCUT2D eigenvalue weighted by Crippen LogP contribution is 2.39. The van der Waals surface area contributed by atoms with Gasteiger partial charge in [-0.2, -0.15) is 11.8 Å². The van der Waals surface area contributed by atoms with Crippen molar-refractivity contribution in [2.45, 2.75) is 258 Å². The van der Waals surface area contributed by atoms with Gasteiger partial charge < -0.3 is 194 Å².